The van der Waals surface area contributed by atoms with Gasteiger partial charge in [-0.2, -0.15) is 0 Å². The second kappa shape index (κ2) is 6.23. The van der Waals surface area contributed by atoms with Gasteiger partial charge in [-0.15, -0.1) is 25.3 Å². The first-order valence-electron chi connectivity index (χ1n) is 7.24. The van der Waals surface area contributed by atoms with E-state index in [4.69, 9.17) is 0 Å². The number of benzene rings is 3. The lowest BCUT2D eigenvalue weighted by molar-refractivity contribution is 1.37. The molecular formula is C20H18S2. The van der Waals surface area contributed by atoms with E-state index in [1.807, 2.05) is 24.3 Å². The Morgan fingerprint density at radius 2 is 0.864 bits per heavy atom. The fraction of sp³-hybridized carbons (Fsp3) is 0.100. The molecule has 0 saturated carbocycles. The van der Waals surface area contributed by atoms with Gasteiger partial charge in [0.2, 0.25) is 0 Å². The molecule has 110 valence electrons. The molecule has 0 fully saturated rings. The predicted octanol–water partition coefficient (Wildman–Crippen LogP) is 6.21. The Morgan fingerprint density at radius 3 is 1.18 bits per heavy atom. The third kappa shape index (κ3) is 3.08. The molecule has 3 aromatic carbocycles. The van der Waals surface area contributed by atoms with E-state index in [1.165, 1.54) is 33.4 Å². The maximum Gasteiger partial charge on any atom is 0.00404 e. The first-order chi connectivity index (χ1) is 10.5. The summed E-state index contributed by atoms with van der Waals surface area (Å²) in [4.78, 5) is 1.98. The Labute approximate surface area is 143 Å². The molecular weight excluding hydrogens is 304 g/mol. The zero-order valence-electron chi connectivity index (χ0n) is 12.7. The largest absolute Gasteiger partial charge is 0.143 e. The molecule has 3 aromatic rings. The number of rotatable bonds is 2. The number of thiol groups is 2. The highest BCUT2D eigenvalue weighted by Crippen LogP contribution is 2.32. The van der Waals surface area contributed by atoms with E-state index in [1.54, 1.807) is 0 Å². The predicted molar refractivity (Wildman–Crippen MR) is 101 cm³/mol. The van der Waals surface area contributed by atoms with Gasteiger partial charge in [-0.25, -0.2) is 0 Å². The summed E-state index contributed by atoms with van der Waals surface area (Å²) in [5.74, 6) is 0. The SMILES string of the molecule is Cc1cc(-c2ccc(S)cc2)c(C)cc1-c1ccc(S)cc1. The summed E-state index contributed by atoms with van der Waals surface area (Å²) >= 11 is 8.71. The summed E-state index contributed by atoms with van der Waals surface area (Å²) in [5, 5.41) is 0. The minimum atomic E-state index is 0.988. The van der Waals surface area contributed by atoms with Crippen molar-refractivity contribution in [3.05, 3.63) is 71.8 Å². The minimum absolute atomic E-state index is 0.988. The van der Waals surface area contributed by atoms with Gasteiger partial charge in [0.1, 0.15) is 0 Å². The Morgan fingerprint density at radius 1 is 0.545 bits per heavy atom. The Balaban J connectivity index is 2.08. The Bertz CT molecular complexity index is 729. The quantitative estimate of drug-likeness (QED) is 0.514. The van der Waals surface area contributed by atoms with E-state index >= 15 is 0 Å². The van der Waals surface area contributed by atoms with Crippen LogP contribution in [-0.2, 0) is 0 Å². The molecule has 0 heterocycles. The van der Waals surface area contributed by atoms with E-state index in [0.717, 1.165) is 9.79 Å². The molecule has 3 rings (SSSR count). The lowest BCUT2D eigenvalue weighted by Gasteiger charge is -2.13. The molecule has 0 unspecified atom stereocenters. The van der Waals surface area contributed by atoms with Crippen LogP contribution < -0.4 is 0 Å². The topological polar surface area (TPSA) is 0 Å². The van der Waals surface area contributed by atoms with Crippen molar-refractivity contribution >= 4 is 25.3 Å². The first-order valence-corrected chi connectivity index (χ1v) is 8.14. The van der Waals surface area contributed by atoms with Crippen LogP contribution in [0, 0.1) is 13.8 Å². The lowest BCUT2D eigenvalue weighted by Crippen LogP contribution is -1.90. The van der Waals surface area contributed by atoms with Crippen molar-refractivity contribution in [2.24, 2.45) is 0 Å². The lowest BCUT2D eigenvalue weighted by atomic mass is 9.92. The Kier molecular flexibility index (Phi) is 4.32. The fourth-order valence-electron chi connectivity index (χ4n) is 2.72. The fourth-order valence-corrected chi connectivity index (χ4v) is 3.02. The van der Waals surface area contributed by atoms with Gasteiger partial charge in [0.25, 0.3) is 0 Å². The monoisotopic (exact) mass is 322 g/mol. The molecule has 0 amide bonds. The Hall–Kier alpha value is -1.64. The number of aryl methyl sites for hydroxylation is 2. The standard InChI is InChI=1S/C20H18S2/c1-13-11-20(16-5-9-18(22)10-6-16)14(2)12-19(13)15-3-7-17(21)8-4-15/h3-12,21-22H,1-2H3. The van der Waals surface area contributed by atoms with Crippen molar-refractivity contribution in [1.82, 2.24) is 0 Å². The van der Waals surface area contributed by atoms with Gasteiger partial charge >= 0.3 is 0 Å². The van der Waals surface area contributed by atoms with Crippen LogP contribution in [0.5, 0.6) is 0 Å². The van der Waals surface area contributed by atoms with Crippen LogP contribution in [0.1, 0.15) is 11.1 Å². The zero-order chi connectivity index (χ0) is 15.7. The van der Waals surface area contributed by atoms with Gasteiger partial charge in [-0.05, 0) is 71.5 Å². The summed E-state index contributed by atoms with van der Waals surface area (Å²) in [7, 11) is 0. The maximum absolute atomic E-state index is 4.36. The normalized spacial score (nSPS) is 10.7. The molecule has 0 atom stereocenters. The van der Waals surface area contributed by atoms with Gasteiger partial charge in [0.05, 0.1) is 0 Å². The van der Waals surface area contributed by atoms with E-state index in [-0.39, 0.29) is 0 Å². The molecule has 0 radical (unpaired) electrons. The molecule has 0 aliphatic heterocycles. The van der Waals surface area contributed by atoms with Crippen LogP contribution in [0.3, 0.4) is 0 Å². The van der Waals surface area contributed by atoms with E-state index in [9.17, 15) is 0 Å². The summed E-state index contributed by atoms with van der Waals surface area (Å²) in [5.41, 5.74) is 7.58. The molecule has 0 aliphatic carbocycles. The zero-order valence-corrected chi connectivity index (χ0v) is 14.5. The molecule has 22 heavy (non-hydrogen) atoms. The summed E-state index contributed by atoms with van der Waals surface area (Å²) in [6.45, 7) is 4.33. The highest BCUT2D eigenvalue weighted by Gasteiger charge is 2.08. The van der Waals surface area contributed by atoms with Crippen molar-refractivity contribution in [3.63, 3.8) is 0 Å². The van der Waals surface area contributed by atoms with Crippen molar-refractivity contribution in [1.29, 1.82) is 0 Å². The van der Waals surface area contributed by atoms with Gasteiger partial charge in [-0.3, -0.25) is 0 Å². The third-order valence-electron chi connectivity index (χ3n) is 3.93. The summed E-state index contributed by atoms with van der Waals surface area (Å²) in [6.07, 6.45) is 0. The third-order valence-corrected chi connectivity index (χ3v) is 4.52. The highest BCUT2D eigenvalue weighted by atomic mass is 32.1. The highest BCUT2D eigenvalue weighted by molar-refractivity contribution is 7.80. The van der Waals surface area contributed by atoms with E-state index in [0.29, 0.717) is 0 Å². The minimum Gasteiger partial charge on any atom is -0.143 e. The van der Waals surface area contributed by atoms with Crippen LogP contribution in [-0.4, -0.2) is 0 Å². The van der Waals surface area contributed by atoms with Crippen molar-refractivity contribution in [3.8, 4) is 22.3 Å². The van der Waals surface area contributed by atoms with Crippen LogP contribution >= 0.6 is 25.3 Å². The second-order valence-electron chi connectivity index (χ2n) is 5.58. The average Bonchev–Trinajstić information content (AvgIpc) is 2.51. The van der Waals surface area contributed by atoms with Gasteiger partial charge in [0, 0.05) is 9.79 Å². The number of hydrogen-bond donors (Lipinski definition) is 2. The van der Waals surface area contributed by atoms with E-state index in [2.05, 4.69) is 75.5 Å². The van der Waals surface area contributed by atoms with Crippen molar-refractivity contribution < 1.29 is 0 Å². The van der Waals surface area contributed by atoms with Crippen LogP contribution in [0.2, 0.25) is 0 Å². The summed E-state index contributed by atoms with van der Waals surface area (Å²) < 4.78 is 0. The molecule has 0 saturated heterocycles. The van der Waals surface area contributed by atoms with Gasteiger partial charge < -0.3 is 0 Å². The summed E-state index contributed by atoms with van der Waals surface area (Å²) in [6, 6.07) is 21.2. The van der Waals surface area contributed by atoms with E-state index < -0.39 is 0 Å². The molecule has 0 aliphatic rings. The smallest absolute Gasteiger partial charge is 0.00404 e. The maximum atomic E-state index is 4.36. The van der Waals surface area contributed by atoms with Crippen molar-refractivity contribution in [2.75, 3.05) is 0 Å². The second-order valence-corrected chi connectivity index (χ2v) is 6.61. The van der Waals surface area contributed by atoms with Crippen LogP contribution in [0.15, 0.2) is 70.5 Å². The van der Waals surface area contributed by atoms with Crippen LogP contribution in [0.25, 0.3) is 22.3 Å². The number of hydrogen-bond acceptors (Lipinski definition) is 2. The first kappa shape index (κ1) is 15.3. The van der Waals surface area contributed by atoms with Crippen molar-refractivity contribution in [2.45, 2.75) is 23.6 Å². The molecule has 0 aromatic heterocycles. The van der Waals surface area contributed by atoms with Crippen LogP contribution in [0.4, 0.5) is 0 Å². The van der Waals surface area contributed by atoms with Gasteiger partial charge in [-0.1, -0.05) is 36.4 Å². The molecule has 0 spiro atoms. The molecule has 0 N–H and O–H groups in total. The molecule has 2 heteroatoms. The molecule has 0 bridgehead atoms. The molecule has 0 nitrogen and oxygen atoms in total. The van der Waals surface area contributed by atoms with Gasteiger partial charge in [0.15, 0.2) is 0 Å². The average molecular weight is 322 g/mol.